The number of unbranched alkanes of at least 4 members (excludes halogenated alkanes) is 2. The molecular weight excluding hydrogens is 819 g/mol. The van der Waals surface area contributed by atoms with Crippen molar-refractivity contribution in [1.82, 2.24) is 4.22 Å². The summed E-state index contributed by atoms with van der Waals surface area (Å²) >= 11 is 0. The Morgan fingerprint density at radius 1 is 0.636 bits per heavy atom. The molecule has 240 valence electrons. The van der Waals surface area contributed by atoms with Crippen molar-refractivity contribution in [3.05, 3.63) is 90.2 Å². The number of aromatic nitrogens is 2. The molecule has 11 nitrogen and oxygen atoms in total. The van der Waals surface area contributed by atoms with Crippen molar-refractivity contribution in [3.63, 3.8) is 0 Å². The summed E-state index contributed by atoms with van der Waals surface area (Å²) in [6, 6.07) is 10.8. The zero-order valence-electron chi connectivity index (χ0n) is 25.9. The zero-order valence-corrected chi connectivity index (χ0v) is 32.1. The van der Waals surface area contributed by atoms with Crippen LogP contribution >= 0.6 is 8.79 Å². The predicted molar refractivity (Wildman–Crippen MR) is 147 cm³/mol. The second-order valence-corrected chi connectivity index (χ2v) is 11.6. The SMILES string of the molecule is CC(C)(C)n1c(-c2ccccc2)[n+](C(C)(C)C)[si-]1P.CCCCC.[C-]#[O+].[C-]#[O+].[C-]#[O+].[C-]#[O+].[C-]#[O+].[C-]#[O+].[C-]#[O+].[C-]#[O+].[C-]#[O+].[Fe].[W]. The molecule has 2 aromatic rings. The molecule has 0 radical (unpaired) electrons. The Morgan fingerprint density at radius 2 is 0.909 bits per heavy atom. The van der Waals surface area contributed by atoms with Crippen LogP contribution in [0.4, 0.5) is 0 Å². The molecule has 0 spiro atoms. The van der Waals surface area contributed by atoms with Crippen molar-refractivity contribution < 1.29 is 84.2 Å². The first-order valence-corrected chi connectivity index (χ1v) is 14.2. The summed E-state index contributed by atoms with van der Waals surface area (Å²) < 4.78 is 72.7. The third kappa shape index (κ3) is 38.2. The summed E-state index contributed by atoms with van der Waals surface area (Å²) in [6.07, 6.45) is 4.08. The molecule has 2 rings (SSSR count). The van der Waals surface area contributed by atoms with Crippen molar-refractivity contribution in [1.29, 1.82) is 0 Å². The maximum absolute atomic E-state index is 7.50. The summed E-state index contributed by atoms with van der Waals surface area (Å²) in [6.45, 7) is 58.7. The molecule has 0 saturated heterocycles. The van der Waals surface area contributed by atoms with Crippen LogP contribution in [-0.2, 0) is 91.1 Å². The standard InChI is InChI=1S/C15H25N2PSi.C5H12.9CO.Fe.W/c1-14(2,3)16-13(12-10-8-7-9-11-12)17(19(16)18)15(4,5)6;1-3-5-4-2;9*1-2;;/h7-11H,18H2,1-6H3;3-5H2,1-2H3;;;;;;;;;;;. The molecule has 0 aliphatic carbocycles. The van der Waals surface area contributed by atoms with Crippen molar-refractivity contribution in [2.75, 3.05) is 0 Å². The van der Waals surface area contributed by atoms with E-state index in [2.05, 4.69) is 163 Å². The molecule has 44 heavy (non-hydrogen) atoms. The number of hydrogen-bond donors (Lipinski definition) is 0. The van der Waals surface area contributed by atoms with Gasteiger partial charge >= 0.3 is 102 Å². The molecule has 0 bridgehead atoms. The minimum atomic E-state index is -0.734. The van der Waals surface area contributed by atoms with Gasteiger partial charge in [-0.2, -0.15) is 0 Å². The van der Waals surface area contributed by atoms with Gasteiger partial charge in [-0.3, -0.25) is 0 Å². The Balaban J connectivity index is -0.0000000410. The first-order chi connectivity index (χ1) is 20.1. The fourth-order valence-corrected chi connectivity index (χ4v) is 8.28. The largest absolute Gasteiger partial charge is 0 e. The summed E-state index contributed by atoms with van der Waals surface area (Å²) in [5, 5.41) is 0. The Labute approximate surface area is 291 Å². The molecule has 0 saturated carbocycles. The number of hydrogen-bond acceptors (Lipinski definition) is 0. The quantitative estimate of drug-likeness (QED) is 0.170. The van der Waals surface area contributed by atoms with Crippen molar-refractivity contribution in [3.8, 4) is 11.4 Å². The Kier molecular flexibility index (Phi) is 101. The van der Waals surface area contributed by atoms with Crippen LogP contribution in [0.3, 0.4) is 0 Å². The minimum absolute atomic E-state index is 0. The normalized spacial score (nSPS) is 6.98. The number of rotatable bonds is 3. The van der Waals surface area contributed by atoms with E-state index in [9.17, 15) is 0 Å². The van der Waals surface area contributed by atoms with E-state index in [1.165, 1.54) is 30.7 Å². The van der Waals surface area contributed by atoms with E-state index < -0.39 is 8.40 Å². The maximum Gasteiger partial charge on any atom is 0 e. The fraction of sp³-hybridized carbons (Fsp3) is 0.448. The Hall–Kier alpha value is -1.80. The van der Waals surface area contributed by atoms with E-state index in [0.717, 1.165) is 0 Å². The van der Waals surface area contributed by atoms with Gasteiger partial charge in [0.15, 0.2) is 5.82 Å². The van der Waals surface area contributed by atoms with Crippen LogP contribution in [0.25, 0.3) is 11.4 Å². The van der Waals surface area contributed by atoms with Crippen LogP contribution in [-0.4, -0.2) is 12.6 Å². The predicted octanol–water partition coefficient (Wildman–Crippen LogP) is 5.19. The van der Waals surface area contributed by atoms with Crippen LogP contribution in [0.2, 0.25) is 0 Å². The fourth-order valence-electron chi connectivity index (χ4n) is 2.89. The number of benzene rings is 1. The Bertz CT molecular complexity index is 908. The van der Waals surface area contributed by atoms with Gasteiger partial charge in [-0.05, 0) is 53.7 Å². The minimum Gasteiger partial charge on any atom is 0 e. The first kappa shape index (κ1) is 73.6. The average Bonchev–Trinajstić information content (AvgIpc) is 3.04. The van der Waals surface area contributed by atoms with Crippen LogP contribution < -0.4 is 4.22 Å². The van der Waals surface area contributed by atoms with Gasteiger partial charge in [-0.15, -0.1) is 0 Å². The van der Waals surface area contributed by atoms with Gasteiger partial charge < -0.3 is 8.44 Å². The molecule has 0 amide bonds. The van der Waals surface area contributed by atoms with Crippen LogP contribution in [0.1, 0.15) is 74.7 Å². The van der Waals surface area contributed by atoms with Gasteiger partial charge in [0.1, 0.15) is 0 Å². The maximum atomic E-state index is 7.50. The second kappa shape index (κ2) is 60.4. The van der Waals surface area contributed by atoms with Crippen molar-refractivity contribution >= 4 is 17.2 Å². The second-order valence-electron chi connectivity index (χ2n) is 8.41. The van der Waals surface area contributed by atoms with Gasteiger partial charge in [0, 0.05) is 54.8 Å². The first-order valence-electron chi connectivity index (χ1n) is 11.0. The van der Waals surface area contributed by atoms with E-state index in [1.54, 1.807) is 0 Å². The smallest absolute Gasteiger partial charge is 0 e. The molecular formula is C29H37FeN2O9PSiW. The van der Waals surface area contributed by atoms with Gasteiger partial charge in [-0.25, -0.2) is 8.79 Å². The number of nitrogens with zero attached hydrogens (tertiary/aromatic N) is 2. The van der Waals surface area contributed by atoms with Gasteiger partial charge in [-0.1, -0.05) is 51.3 Å². The summed E-state index contributed by atoms with van der Waals surface area (Å²) in [4.78, 5) is 0. The topological polar surface area (TPSA) is 188 Å². The monoisotopic (exact) mass is 856 g/mol. The molecule has 1 unspecified atom stereocenters. The van der Waals surface area contributed by atoms with Gasteiger partial charge in [0.2, 0.25) is 0 Å². The molecule has 1 atom stereocenters. The van der Waals surface area contributed by atoms with E-state index in [-0.39, 0.29) is 49.2 Å². The van der Waals surface area contributed by atoms with Crippen LogP contribution in [0, 0.1) is 59.9 Å². The van der Waals surface area contributed by atoms with E-state index in [0.29, 0.717) is 0 Å². The molecule has 1 aromatic heterocycles. The molecule has 0 N–H and O–H groups in total. The van der Waals surface area contributed by atoms with Gasteiger partial charge in [0.05, 0.1) is 8.40 Å². The van der Waals surface area contributed by atoms with E-state index in [1.807, 2.05) is 0 Å². The Morgan fingerprint density at radius 3 is 1.09 bits per heavy atom. The summed E-state index contributed by atoms with van der Waals surface area (Å²) in [7, 11) is 2.35. The van der Waals surface area contributed by atoms with Crippen LogP contribution in [0.5, 0.6) is 0 Å². The third-order valence-corrected chi connectivity index (χ3v) is 8.19. The third-order valence-electron chi connectivity index (χ3n) is 3.96. The van der Waals surface area contributed by atoms with Crippen LogP contribution in [0.15, 0.2) is 30.3 Å². The molecule has 15 heteroatoms. The summed E-state index contributed by atoms with van der Waals surface area (Å²) in [5.41, 5.74) is 1.66. The zero-order chi connectivity index (χ0) is 36.5. The molecule has 0 aliphatic heterocycles. The molecule has 0 aliphatic rings. The average molecular weight is 856 g/mol. The molecule has 0 fully saturated rings. The summed E-state index contributed by atoms with van der Waals surface area (Å²) in [5.74, 6) is 1.38. The van der Waals surface area contributed by atoms with Crippen molar-refractivity contribution in [2.45, 2.75) is 85.7 Å². The van der Waals surface area contributed by atoms with Crippen molar-refractivity contribution in [2.24, 2.45) is 0 Å². The molecule has 1 heterocycles. The van der Waals surface area contributed by atoms with Gasteiger partial charge in [0.25, 0.3) is 0 Å². The van der Waals surface area contributed by atoms with E-state index >= 15 is 0 Å². The molecule has 1 aromatic carbocycles. The van der Waals surface area contributed by atoms with E-state index in [4.69, 9.17) is 41.9 Å².